The Hall–Kier alpha value is -0.870. The lowest BCUT2D eigenvalue weighted by molar-refractivity contribution is -0.0297. The fourth-order valence-electron chi connectivity index (χ4n) is 2.89. The van der Waals surface area contributed by atoms with E-state index in [1.807, 2.05) is 11.7 Å². The quantitative estimate of drug-likeness (QED) is 0.888. The number of aryl methyl sites for hydroxylation is 2. The lowest BCUT2D eigenvalue weighted by Crippen LogP contribution is -2.43. The van der Waals surface area contributed by atoms with Crippen LogP contribution in [0.5, 0.6) is 0 Å². The Morgan fingerprint density at radius 3 is 2.56 bits per heavy atom. The third-order valence-electron chi connectivity index (χ3n) is 4.01. The second-order valence-corrected chi connectivity index (χ2v) is 5.66. The highest BCUT2D eigenvalue weighted by Crippen LogP contribution is 2.27. The Bertz CT molecular complexity index is 392. The lowest BCUT2D eigenvalue weighted by Gasteiger charge is -2.38. The first-order chi connectivity index (χ1) is 8.52. The van der Waals surface area contributed by atoms with E-state index < -0.39 is 5.60 Å². The maximum absolute atomic E-state index is 10.4. The van der Waals surface area contributed by atoms with Crippen LogP contribution in [-0.2, 0) is 13.6 Å². The highest BCUT2D eigenvalue weighted by molar-refractivity contribution is 5.15. The number of rotatable bonds is 4. The van der Waals surface area contributed by atoms with Gasteiger partial charge < -0.3 is 5.11 Å². The number of hydrogen-bond donors (Lipinski definition) is 1. The molecule has 2 rings (SSSR count). The average Bonchev–Trinajstić information content (AvgIpc) is 2.61. The predicted octanol–water partition coefficient (Wildman–Crippen LogP) is 1.86. The van der Waals surface area contributed by atoms with E-state index >= 15 is 0 Å². The van der Waals surface area contributed by atoms with Crippen molar-refractivity contribution >= 4 is 0 Å². The maximum Gasteiger partial charge on any atom is 0.0672 e. The molecule has 0 unspecified atom stereocenters. The fraction of sp³-hybridized carbons (Fsp3) is 0.786. The third-order valence-corrected chi connectivity index (χ3v) is 4.01. The van der Waals surface area contributed by atoms with Crippen LogP contribution < -0.4 is 0 Å². The highest BCUT2D eigenvalue weighted by atomic mass is 16.3. The van der Waals surface area contributed by atoms with E-state index in [0.717, 1.165) is 51.0 Å². The summed E-state index contributed by atoms with van der Waals surface area (Å²) in [6.07, 6.45) is 5.91. The topological polar surface area (TPSA) is 41.3 Å². The van der Waals surface area contributed by atoms with Gasteiger partial charge in [0.05, 0.1) is 11.3 Å². The summed E-state index contributed by atoms with van der Waals surface area (Å²) in [5.74, 6) is 0. The van der Waals surface area contributed by atoms with Crippen molar-refractivity contribution in [2.24, 2.45) is 7.05 Å². The Morgan fingerprint density at radius 1 is 1.39 bits per heavy atom. The molecule has 4 nitrogen and oxygen atoms in total. The van der Waals surface area contributed by atoms with Gasteiger partial charge in [0.2, 0.25) is 0 Å². The molecule has 1 aliphatic heterocycles. The van der Waals surface area contributed by atoms with E-state index in [9.17, 15) is 5.11 Å². The van der Waals surface area contributed by atoms with Crippen molar-refractivity contribution in [2.75, 3.05) is 13.1 Å². The number of likely N-dealkylation sites (tertiary alicyclic amines) is 1. The van der Waals surface area contributed by atoms with E-state index in [4.69, 9.17) is 0 Å². The molecule has 0 aliphatic carbocycles. The summed E-state index contributed by atoms with van der Waals surface area (Å²) in [6, 6.07) is 0. The van der Waals surface area contributed by atoms with E-state index in [1.165, 1.54) is 5.56 Å². The molecule has 1 aliphatic rings. The van der Waals surface area contributed by atoms with Gasteiger partial charge in [-0.25, -0.2) is 0 Å². The number of aliphatic hydroxyl groups is 1. The van der Waals surface area contributed by atoms with Crippen LogP contribution in [0.1, 0.15) is 43.9 Å². The molecule has 2 heterocycles. The highest BCUT2D eigenvalue weighted by Gasteiger charge is 2.31. The smallest absolute Gasteiger partial charge is 0.0672 e. The van der Waals surface area contributed by atoms with Gasteiger partial charge in [0, 0.05) is 38.4 Å². The lowest BCUT2D eigenvalue weighted by atomic mass is 9.87. The molecule has 1 saturated heterocycles. The predicted molar refractivity (Wildman–Crippen MR) is 72.3 cm³/mol. The van der Waals surface area contributed by atoms with Crippen molar-refractivity contribution in [2.45, 2.75) is 51.7 Å². The van der Waals surface area contributed by atoms with Crippen molar-refractivity contribution in [3.8, 4) is 0 Å². The summed E-state index contributed by atoms with van der Waals surface area (Å²) < 4.78 is 1.88. The van der Waals surface area contributed by atoms with Gasteiger partial charge in [0.25, 0.3) is 0 Å². The van der Waals surface area contributed by atoms with Crippen LogP contribution in [0.4, 0.5) is 0 Å². The maximum atomic E-state index is 10.4. The fourth-order valence-corrected chi connectivity index (χ4v) is 2.89. The number of hydrogen-bond acceptors (Lipinski definition) is 3. The minimum absolute atomic E-state index is 0.408. The van der Waals surface area contributed by atoms with Crippen molar-refractivity contribution in [3.63, 3.8) is 0 Å². The third kappa shape index (κ3) is 3.12. The largest absolute Gasteiger partial charge is 0.390 e. The summed E-state index contributed by atoms with van der Waals surface area (Å²) in [6.45, 7) is 7.15. The Morgan fingerprint density at radius 2 is 2.06 bits per heavy atom. The van der Waals surface area contributed by atoms with Gasteiger partial charge in [-0.2, -0.15) is 5.10 Å². The van der Waals surface area contributed by atoms with E-state index in [-0.39, 0.29) is 0 Å². The zero-order valence-electron chi connectivity index (χ0n) is 11.8. The Balaban J connectivity index is 1.89. The number of aromatic nitrogens is 2. The van der Waals surface area contributed by atoms with E-state index in [1.54, 1.807) is 0 Å². The number of nitrogens with zero attached hydrogens (tertiary/aromatic N) is 3. The van der Waals surface area contributed by atoms with Crippen molar-refractivity contribution in [1.29, 1.82) is 0 Å². The molecule has 0 spiro atoms. The van der Waals surface area contributed by atoms with E-state index in [2.05, 4.69) is 30.0 Å². The molecule has 18 heavy (non-hydrogen) atoms. The van der Waals surface area contributed by atoms with Crippen molar-refractivity contribution < 1.29 is 5.11 Å². The van der Waals surface area contributed by atoms with Gasteiger partial charge >= 0.3 is 0 Å². The van der Waals surface area contributed by atoms with Crippen LogP contribution in [0.2, 0.25) is 0 Å². The molecule has 102 valence electrons. The molecule has 0 bridgehead atoms. The molecular formula is C14H25N3O. The zero-order chi connectivity index (χ0) is 13.2. The summed E-state index contributed by atoms with van der Waals surface area (Å²) >= 11 is 0. The summed E-state index contributed by atoms with van der Waals surface area (Å²) in [4.78, 5) is 2.42. The normalized spacial score (nSPS) is 20.2. The average molecular weight is 251 g/mol. The first-order valence-electron chi connectivity index (χ1n) is 6.96. The zero-order valence-corrected chi connectivity index (χ0v) is 11.8. The minimum Gasteiger partial charge on any atom is -0.390 e. The first kappa shape index (κ1) is 13.6. The van der Waals surface area contributed by atoms with Gasteiger partial charge in [0.15, 0.2) is 0 Å². The second-order valence-electron chi connectivity index (χ2n) is 5.66. The molecule has 0 saturated carbocycles. The second kappa shape index (κ2) is 5.41. The molecule has 1 fully saturated rings. The van der Waals surface area contributed by atoms with Crippen LogP contribution in [0.25, 0.3) is 0 Å². The Labute approximate surface area is 110 Å². The first-order valence-corrected chi connectivity index (χ1v) is 6.96. The number of piperidine rings is 1. The van der Waals surface area contributed by atoms with Crippen molar-refractivity contribution in [1.82, 2.24) is 14.7 Å². The van der Waals surface area contributed by atoms with Crippen LogP contribution in [0.15, 0.2) is 6.20 Å². The van der Waals surface area contributed by atoms with Crippen molar-refractivity contribution in [3.05, 3.63) is 17.5 Å². The molecule has 0 atom stereocenters. The van der Waals surface area contributed by atoms with Gasteiger partial charge in [-0.1, -0.05) is 13.3 Å². The van der Waals surface area contributed by atoms with Gasteiger partial charge in [-0.05, 0) is 26.2 Å². The van der Waals surface area contributed by atoms with Crippen LogP contribution in [0.3, 0.4) is 0 Å². The van der Waals surface area contributed by atoms with Gasteiger partial charge in [0.1, 0.15) is 0 Å². The van der Waals surface area contributed by atoms with E-state index in [0.29, 0.717) is 0 Å². The summed E-state index contributed by atoms with van der Waals surface area (Å²) in [5, 5.41) is 14.7. The molecule has 1 aromatic rings. The standard InChI is InChI=1S/C14H25N3O/c1-4-5-14(18)6-8-17(9-7-14)11-13-10-16(3)15-12(13)2/h10,18H,4-9,11H2,1-3H3. The van der Waals surface area contributed by atoms with Crippen LogP contribution in [0, 0.1) is 6.92 Å². The van der Waals surface area contributed by atoms with Crippen LogP contribution >= 0.6 is 0 Å². The van der Waals surface area contributed by atoms with Gasteiger partial charge in [-0.15, -0.1) is 0 Å². The SMILES string of the molecule is CCCC1(O)CCN(Cc2cn(C)nc2C)CC1. The molecular weight excluding hydrogens is 226 g/mol. The van der Waals surface area contributed by atoms with Gasteiger partial charge in [-0.3, -0.25) is 9.58 Å². The molecule has 1 N–H and O–H groups in total. The molecule has 1 aromatic heterocycles. The molecule has 0 amide bonds. The molecule has 4 heteroatoms. The summed E-state index contributed by atoms with van der Waals surface area (Å²) in [5.41, 5.74) is 2.01. The molecule has 0 radical (unpaired) electrons. The minimum atomic E-state index is -0.408. The molecule has 0 aromatic carbocycles. The van der Waals surface area contributed by atoms with Crippen LogP contribution in [-0.4, -0.2) is 38.5 Å². The Kier molecular flexibility index (Phi) is 4.07. The summed E-state index contributed by atoms with van der Waals surface area (Å²) in [7, 11) is 1.96. The monoisotopic (exact) mass is 251 g/mol.